The molecule has 0 aliphatic rings. The molecule has 0 fully saturated rings. The van der Waals surface area contributed by atoms with Gasteiger partial charge in [-0.2, -0.15) is 0 Å². The van der Waals surface area contributed by atoms with Crippen molar-refractivity contribution < 1.29 is 9.53 Å². The number of carbonyl (C=O) groups excluding carboxylic acids is 1. The Balaban J connectivity index is 2.11. The van der Waals surface area contributed by atoms with E-state index in [1.165, 1.54) is 0 Å². The number of halogens is 1. The molecule has 0 saturated heterocycles. The molecule has 1 aromatic carbocycles. The van der Waals surface area contributed by atoms with Crippen molar-refractivity contribution >= 4 is 21.8 Å². The van der Waals surface area contributed by atoms with Gasteiger partial charge in [-0.3, -0.25) is 4.79 Å². The van der Waals surface area contributed by atoms with Crippen molar-refractivity contribution in [2.75, 3.05) is 14.2 Å². The van der Waals surface area contributed by atoms with E-state index in [1.54, 1.807) is 37.4 Å². The van der Waals surface area contributed by atoms with Gasteiger partial charge in [0.05, 0.1) is 7.11 Å². The first-order chi connectivity index (χ1) is 9.60. The molecule has 2 rings (SSSR count). The van der Waals surface area contributed by atoms with Gasteiger partial charge in [-0.25, -0.2) is 4.98 Å². The number of aromatic nitrogens is 1. The highest BCUT2D eigenvalue weighted by Crippen LogP contribution is 2.15. The molecule has 2 aromatic rings. The zero-order chi connectivity index (χ0) is 14.5. The molecule has 0 aliphatic heterocycles. The Morgan fingerprint density at radius 3 is 2.85 bits per heavy atom. The summed E-state index contributed by atoms with van der Waals surface area (Å²) in [5.74, 6) is 0.742. The third-order valence-electron chi connectivity index (χ3n) is 2.87. The molecule has 0 spiro atoms. The first kappa shape index (κ1) is 14.5. The Labute approximate surface area is 126 Å². The zero-order valence-electron chi connectivity index (χ0n) is 11.3. The minimum Gasteiger partial charge on any atom is -0.497 e. The largest absolute Gasteiger partial charge is 0.497 e. The quantitative estimate of drug-likeness (QED) is 0.807. The Bertz CT molecular complexity index is 616. The van der Waals surface area contributed by atoms with Crippen LogP contribution < -0.4 is 4.74 Å². The Morgan fingerprint density at radius 1 is 1.35 bits per heavy atom. The number of rotatable bonds is 4. The fourth-order valence-corrected chi connectivity index (χ4v) is 2.24. The Hall–Kier alpha value is -1.88. The van der Waals surface area contributed by atoms with E-state index in [0.717, 1.165) is 11.3 Å². The van der Waals surface area contributed by atoms with Gasteiger partial charge in [0.15, 0.2) is 0 Å². The van der Waals surface area contributed by atoms with Crippen LogP contribution >= 0.6 is 15.9 Å². The molecule has 20 heavy (non-hydrogen) atoms. The second-order valence-electron chi connectivity index (χ2n) is 4.38. The predicted octanol–water partition coefficient (Wildman–Crippen LogP) is 3.12. The number of hydrogen-bond donors (Lipinski definition) is 0. The van der Waals surface area contributed by atoms with Gasteiger partial charge in [0.2, 0.25) is 0 Å². The minimum absolute atomic E-state index is 0.0454. The lowest BCUT2D eigenvalue weighted by atomic mass is 10.2. The normalized spacial score (nSPS) is 10.2. The van der Waals surface area contributed by atoms with Crippen LogP contribution in [0.4, 0.5) is 0 Å². The third kappa shape index (κ3) is 3.57. The molecule has 0 unspecified atom stereocenters. The van der Waals surface area contributed by atoms with Crippen LogP contribution in [-0.2, 0) is 6.54 Å². The van der Waals surface area contributed by atoms with E-state index < -0.39 is 0 Å². The second-order valence-corrected chi connectivity index (χ2v) is 5.19. The molecule has 104 valence electrons. The molecule has 0 radical (unpaired) electrons. The molecule has 0 atom stereocenters. The van der Waals surface area contributed by atoms with Crippen molar-refractivity contribution in [3.63, 3.8) is 0 Å². The summed E-state index contributed by atoms with van der Waals surface area (Å²) in [5, 5.41) is 0. The third-order valence-corrected chi connectivity index (χ3v) is 3.31. The molecule has 1 amide bonds. The van der Waals surface area contributed by atoms with Crippen molar-refractivity contribution in [2.45, 2.75) is 6.54 Å². The highest BCUT2D eigenvalue weighted by atomic mass is 79.9. The molecule has 0 aliphatic carbocycles. The lowest BCUT2D eigenvalue weighted by Crippen LogP contribution is -2.26. The van der Waals surface area contributed by atoms with Gasteiger partial charge in [0.1, 0.15) is 10.4 Å². The van der Waals surface area contributed by atoms with E-state index in [0.29, 0.717) is 16.7 Å². The summed E-state index contributed by atoms with van der Waals surface area (Å²) in [6.45, 7) is 0.524. The van der Waals surface area contributed by atoms with Gasteiger partial charge >= 0.3 is 0 Å². The van der Waals surface area contributed by atoms with Crippen LogP contribution in [0.1, 0.15) is 15.9 Å². The second kappa shape index (κ2) is 6.52. The van der Waals surface area contributed by atoms with E-state index in [1.807, 2.05) is 24.3 Å². The van der Waals surface area contributed by atoms with Gasteiger partial charge in [-0.05, 0) is 45.8 Å². The van der Waals surface area contributed by atoms with E-state index in [9.17, 15) is 4.79 Å². The summed E-state index contributed by atoms with van der Waals surface area (Å²) in [5.41, 5.74) is 1.63. The minimum atomic E-state index is -0.0454. The monoisotopic (exact) mass is 334 g/mol. The highest BCUT2D eigenvalue weighted by molar-refractivity contribution is 9.10. The summed E-state index contributed by atoms with van der Waals surface area (Å²) in [6, 6.07) is 11.1. The lowest BCUT2D eigenvalue weighted by Gasteiger charge is -2.17. The lowest BCUT2D eigenvalue weighted by molar-refractivity contribution is 0.0785. The maximum absolute atomic E-state index is 12.3. The molecule has 0 N–H and O–H groups in total. The van der Waals surface area contributed by atoms with Crippen molar-refractivity contribution in [1.29, 1.82) is 0 Å². The number of hydrogen-bond acceptors (Lipinski definition) is 3. The first-order valence-corrected chi connectivity index (χ1v) is 6.89. The van der Waals surface area contributed by atoms with Crippen molar-refractivity contribution in [3.05, 3.63) is 58.3 Å². The average molecular weight is 335 g/mol. The van der Waals surface area contributed by atoms with Crippen LogP contribution in [0.15, 0.2) is 47.2 Å². The molecule has 0 saturated carbocycles. The number of pyridine rings is 1. The van der Waals surface area contributed by atoms with Crippen LogP contribution in [0.3, 0.4) is 0 Å². The number of amides is 1. The van der Waals surface area contributed by atoms with E-state index >= 15 is 0 Å². The number of benzene rings is 1. The van der Waals surface area contributed by atoms with Gasteiger partial charge in [-0.15, -0.1) is 0 Å². The summed E-state index contributed by atoms with van der Waals surface area (Å²) >= 11 is 3.27. The van der Waals surface area contributed by atoms with E-state index in [2.05, 4.69) is 20.9 Å². The number of nitrogens with zero attached hydrogens (tertiary/aromatic N) is 2. The summed E-state index contributed by atoms with van der Waals surface area (Å²) < 4.78 is 5.83. The smallest absolute Gasteiger partial charge is 0.254 e. The number of methoxy groups -OCH3 is 1. The van der Waals surface area contributed by atoms with Crippen molar-refractivity contribution in [1.82, 2.24) is 9.88 Å². The molecule has 1 heterocycles. The van der Waals surface area contributed by atoms with Gasteiger partial charge in [0, 0.05) is 25.4 Å². The molecule has 4 nitrogen and oxygen atoms in total. The average Bonchev–Trinajstić information content (AvgIpc) is 2.46. The van der Waals surface area contributed by atoms with Crippen LogP contribution in [0.2, 0.25) is 0 Å². The van der Waals surface area contributed by atoms with Crippen LogP contribution in [0, 0.1) is 0 Å². The van der Waals surface area contributed by atoms with Crippen LogP contribution in [0.25, 0.3) is 0 Å². The van der Waals surface area contributed by atoms with E-state index in [4.69, 9.17) is 4.74 Å². The predicted molar refractivity (Wildman–Crippen MR) is 80.7 cm³/mol. The maximum Gasteiger partial charge on any atom is 0.254 e. The number of carbonyl (C=O) groups is 1. The Kier molecular flexibility index (Phi) is 4.74. The van der Waals surface area contributed by atoms with E-state index in [-0.39, 0.29) is 5.91 Å². The van der Waals surface area contributed by atoms with Crippen LogP contribution in [-0.4, -0.2) is 29.9 Å². The molecule has 1 aromatic heterocycles. The topological polar surface area (TPSA) is 42.4 Å². The van der Waals surface area contributed by atoms with Gasteiger partial charge < -0.3 is 9.64 Å². The standard InChI is InChI=1S/C15H15BrN2O2/c1-18(10-11-4-3-5-13(8-11)20-2)15(19)12-6-7-17-14(16)9-12/h3-9H,10H2,1-2H3. The fraction of sp³-hybridized carbons (Fsp3) is 0.200. The molecule has 0 bridgehead atoms. The van der Waals surface area contributed by atoms with Crippen molar-refractivity contribution in [2.24, 2.45) is 0 Å². The summed E-state index contributed by atoms with van der Waals surface area (Å²) in [4.78, 5) is 18.0. The molecule has 5 heteroatoms. The first-order valence-electron chi connectivity index (χ1n) is 6.10. The molecular formula is C15H15BrN2O2. The maximum atomic E-state index is 12.3. The SMILES string of the molecule is COc1cccc(CN(C)C(=O)c2ccnc(Br)c2)c1. The zero-order valence-corrected chi connectivity index (χ0v) is 12.9. The highest BCUT2D eigenvalue weighted by Gasteiger charge is 2.12. The Morgan fingerprint density at radius 2 is 2.15 bits per heavy atom. The van der Waals surface area contributed by atoms with Gasteiger partial charge in [-0.1, -0.05) is 12.1 Å². The fourth-order valence-electron chi connectivity index (χ4n) is 1.87. The molecular weight excluding hydrogens is 320 g/mol. The van der Waals surface area contributed by atoms with Crippen LogP contribution in [0.5, 0.6) is 5.75 Å². The number of ether oxygens (including phenoxy) is 1. The summed E-state index contributed by atoms with van der Waals surface area (Å²) in [6.07, 6.45) is 1.61. The van der Waals surface area contributed by atoms with Crippen molar-refractivity contribution in [3.8, 4) is 5.75 Å². The van der Waals surface area contributed by atoms with Gasteiger partial charge in [0.25, 0.3) is 5.91 Å². The summed E-state index contributed by atoms with van der Waals surface area (Å²) in [7, 11) is 3.40.